The van der Waals surface area contributed by atoms with Gasteiger partial charge in [0.25, 0.3) is 5.91 Å². The van der Waals surface area contributed by atoms with E-state index in [0.717, 1.165) is 17.7 Å². The van der Waals surface area contributed by atoms with Crippen LogP contribution in [0.3, 0.4) is 0 Å². The third kappa shape index (κ3) is 2.93. The van der Waals surface area contributed by atoms with Gasteiger partial charge in [0.05, 0.1) is 0 Å². The van der Waals surface area contributed by atoms with E-state index in [1.165, 1.54) is 0 Å². The summed E-state index contributed by atoms with van der Waals surface area (Å²) in [6, 6.07) is 1.06. The van der Waals surface area contributed by atoms with E-state index in [9.17, 15) is 14.4 Å². The molecular formula is C15H20N4O4. The van der Waals surface area contributed by atoms with Crippen LogP contribution in [0.5, 0.6) is 0 Å². The summed E-state index contributed by atoms with van der Waals surface area (Å²) in [7, 11) is 0. The first-order valence-electron chi connectivity index (χ1n) is 7.77. The van der Waals surface area contributed by atoms with Crippen LogP contribution in [-0.4, -0.2) is 40.0 Å². The molecule has 8 heteroatoms. The summed E-state index contributed by atoms with van der Waals surface area (Å²) < 4.78 is 4.85. The molecule has 2 aliphatic rings. The average molecular weight is 320 g/mol. The average Bonchev–Trinajstić information content (AvgIpc) is 3.00. The second kappa shape index (κ2) is 5.68. The summed E-state index contributed by atoms with van der Waals surface area (Å²) in [5.41, 5.74) is -0.825. The Morgan fingerprint density at radius 2 is 2.17 bits per heavy atom. The highest BCUT2D eigenvalue weighted by molar-refractivity contribution is 6.10. The van der Waals surface area contributed by atoms with Gasteiger partial charge in [-0.1, -0.05) is 12.1 Å². The van der Waals surface area contributed by atoms with E-state index in [0.29, 0.717) is 24.5 Å². The molecule has 1 aromatic rings. The second-order valence-corrected chi connectivity index (χ2v) is 6.46. The maximum atomic E-state index is 12.6. The molecule has 23 heavy (non-hydrogen) atoms. The molecule has 0 unspecified atom stereocenters. The molecule has 4 amide bonds. The Morgan fingerprint density at radius 3 is 2.78 bits per heavy atom. The minimum absolute atomic E-state index is 0.265. The lowest BCUT2D eigenvalue weighted by atomic mass is 9.77. The van der Waals surface area contributed by atoms with E-state index in [1.807, 2.05) is 0 Å². The lowest BCUT2D eigenvalue weighted by Gasteiger charge is -2.33. The highest BCUT2D eigenvalue weighted by Gasteiger charge is 2.52. The third-order valence-electron chi connectivity index (χ3n) is 4.57. The van der Waals surface area contributed by atoms with E-state index < -0.39 is 17.5 Å². The van der Waals surface area contributed by atoms with Crippen molar-refractivity contribution in [2.75, 3.05) is 11.9 Å². The number of amides is 4. The summed E-state index contributed by atoms with van der Waals surface area (Å²) in [5.74, 6) is 0.591. The molecule has 1 spiro atoms. The van der Waals surface area contributed by atoms with Crippen LogP contribution in [0.25, 0.3) is 0 Å². The van der Waals surface area contributed by atoms with Gasteiger partial charge in [0.1, 0.15) is 17.8 Å². The minimum Gasteiger partial charge on any atom is -0.360 e. The number of carbonyl (C=O) groups is 3. The van der Waals surface area contributed by atoms with Crippen molar-refractivity contribution < 1.29 is 18.9 Å². The monoisotopic (exact) mass is 320 g/mol. The molecule has 8 nitrogen and oxygen atoms in total. The van der Waals surface area contributed by atoms with Gasteiger partial charge in [-0.05, 0) is 38.5 Å². The Kier molecular flexibility index (Phi) is 3.83. The molecule has 0 aromatic carbocycles. The third-order valence-corrected chi connectivity index (χ3v) is 4.57. The molecule has 0 bridgehead atoms. The van der Waals surface area contributed by atoms with Gasteiger partial charge >= 0.3 is 6.03 Å². The summed E-state index contributed by atoms with van der Waals surface area (Å²) >= 11 is 0. The van der Waals surface area contributed by atoms with Crippen LogP contribution in [0, 0.1) is 12.8 Å². The molecule has 2 fully saturated rings. The van der Waals surface area contributed by atoms with Crippen molar-refractivity contribution >= 4 is 23.7 Å². The molecule has 1 aromatic heterocycles. The van der Waals surface area contributed by atoms with Gasteiger partial charge in [-0.15, -0.1) is 0 Å². The lowest BCUT2D eigenvalue weighted by molar-refractivity contribution is -0.135. The Morgan fingerprint density at radius 1 is 1.48 bits per heavy atom. The number of carbonyl (C=O) groups excluding carboxylic acids is 3. The smallest absolute Gasteiger partial charge is 0.325 e. The highest BCUT2D eigenvalue weighted by Crippen LogP contribution is 2.36. The van der Waals surface area contributed by atoms with Crippen LogP contribution in [0.4, 0.5) is 10.6 Å². The highest BCUT2D eigenvalue weighted by atomic mass is 16.5. The maximum absolute atomic E-state index is 12.6. The van der Waals surface area contributed by atoms with Crippen LogP contribution >= 0.6 is 0 Å². The molecule has 0 radical (unpaired) electrons. The molecule has 0 atom stereocenters. The molecular weight excluding hydrogens is 300 g/mol. The zero-order chi connectivity index (χ0) is 16.6. The van der Waals surface area contributed by atoms with E-state index in [-0.39, 0.29) is 18.3 Å². The minimum atomic E-state index is -0.825. The number of urea groups is 1. The van der Waals surface area contributed by atoms with Crippen molar-refractivity contribution in [3.8, 4) is 0 Å². The van der Waals surface area contributed by atoms with Crippen LogP contribution in [0.1, 0.15) is 38.4 Å². The number of aryl methyl sites for hydroxylation is 1. The Hall–Kier alpha value is -2.38. The van der Waals surface area contributed by atoms with E-state index in [4.69, 9.17) is 4.52 Å². The molecule has 2 N–H and O–H groups in total. The zero-order valence-electron chi connectivity index (χ0n) is 13.2. The van der Waals surface area contributed by atoms with Gasteiger partial charge in [-0.3, -0.25) is 14.5 Å². The number of imide groups is 1. The topological polar surface area (TPSA) is 105 Å². The summed E-state index contributed by atoms with van der Waals surface area (Å²) in [6.45, 7) is 3.51. The molecule has 1 saturated carbocycles. The number of hydrogen-bond donors (Lipinski definition) is 2. The number of nitrogens with one attached hydrogen (secondary N) is 2. The number of anilines is 1. The van der Waals surface area contributed by atoms with Crippen molar-refractivity contribution in [3.63, 3.8) is 0 Å². The van der Waals surface area contributed by atoms with Crippen molar-refractivity contribution in [1.29, 1.82) is 0 Å². The molecule has 124 valence electrons. The standard InChI is InChI=1S/C15H20N4O4/c1-9-3-5-15(6-4-9)13(21)19(14(22)17-15)8-12(20)16-11-7-10(2)23-18-11/h7,9H,3-6,8H2,1-2H3,(H,17,22)(H,16,18,20). The zero-order valence-corrected chi connectivity index (χ0v) is 13.2. The second-order valence-electron chi connectivity index (χ2n) is 6.46. The molecule has 3 rings (SSSR count). The van der Waals surface area contributed by atoms with Crippen LogP contribution in [-0.2, 0) is 9.59 Å². The number of hydrogen-bond acceptors (Lipinski definition) is 5. The van der Waals surface area contributed by atoms with Crippen LogP contribution in [0.2, 0.25) is 0 Å². The molecule has 2 heterocycles. The summed E-state index contributed by atoms with van der Waals surface area (Å²) in [6.07, 6.45) is 3.03. The molecule has 1 aliphatic heterocycles. The normalized spacial score (nSPS) is 27.4. The fraction of sp³-hybridized carbons (Fsp3) is 0.600. The number of rotatable bonds is 3. The van der Waals surface area contributed by atoms with Gasteiger partial charge in [-0.2, -0.15) is 0 Å². The van der Waals surface area contributed by atoms with Gasteiger partial charge in [0.15, 0.2) is 5.82 Å². The largest absolute Gasteiger partial charge is 0.360 e. The van der Waals surface area contributed by atoms with Crippen molar-refractivity contribution in [3.05, 3.63) is 11.8 Å². The molecule has 1 saturated heterocycles. The summed E-state index contributed by atoms with van der Waals surface area (Å²) in [4.78, 5) is 37.7. The quantitative estimate of drug-likeness (QED) is 0.820. The first kappa shape index (κ1) is 15.5. The number of nitrogens with zero attached hydrogens (tertiary/aromatic N) is 2. The molecule has 1 aliphatic carbocycles. The fourth-order valence-corrected chi connectivity index (χ4v) is 3.16. The van der Waals surface area contributed by atoms with Gasteiger partial charge in [0.2, 0.25) is 5.91 Å². The Bertz CT molecular complexity index is 646. The van der Waals surface area contributed by atoms with Crippen molar-refractivity contribution in [2.24, 2.45) is 5.92 Å². The fourth-order valence-electron chi connectivity index (χ4n) is 3.16. The summed E-state index contributed by atoms with van der Waals surface area (Å²) in [5, 5.41) is 8.95. The van der Waals surface area contributed by atoms with Crippen molar-refractivity contribution in [1.82, 2.24) is 15.4 Å². The van der Waals surface area contributed by atoms with Crippen LogP contribution in [0.15, 0.2) is 10.6 Å². The Balaban J connectivity index is 1.65. The Labute approximate surface area is 133 Å². The predicted octanol–water partition coefficient (Wildman–Crippen LogP) is 1.42. The van der Waals surface area contributed by atoms with Gasteiger partial charge in [-0.25, -0.2) is 4.79 Å². The predicted molar refractivity (Wildman–Crippen MR) is 80.5 cm³/mol. The SMILES string of the molecule is Cc1cc(NC(=O)CN2C(=O)NC3(CCC(C)CC3)C2=O)no1. The first-order valence-corrected chi connectivity index (χ1v) is 7.77. The van der Waals surface area contributed by atoms with E-state index >= 15 is 0 Å². The van der Waals surface area contributed by atoms with E-state index in [2.05, 4.69) is 22.7 Å². The maximum Gasteiger partial charge on any atom is 0.325 e. The van der Waals surface area contributed by atoms with Crippen LogP contribution < -0.4 is 10.6 Å². The van der Waals surface area contributed by atoms with Crippen molar-refractivity contribution in [2.45, 2.75) is 45.1 Å². The number of aromatic nitrogens is 1. The van der Waals surface area contributed by atoms with E-state index in [1.54, 1.807) is 13.0 Å². The first-order chi connectivity index (χ1) is 10.9. The lowest BCUT2D eigenvalue weighted by Crippen LogP contribution is -2.49. The van der Waals surface area contributed by atoms with Gasteiger partial charge in [0, 0.05) is 6.07 Å². The van der Waals surface area contributed by atoms with Gasteiger partial charge < -0.3 is 15.2 Å².